The maximum absolute atomic E-state index is 2.50. The second kappa shape index (κ2) is 4.82. The summed E-state index contributed by atoms with van der Waals surface area (Å²) in [6, 6.07) is 6.87. The number of fused-ring (bicyclic) bond motifs is 1. The van der Waals surface area contributed by atoms with Gasteiger partial charge in [-0.3, -0.25) is 0 Å². The first-order valence-electron chi connectivity index (χ1n) is 5.38. The zero-order valence-corrected chi connectivity index (χ0v) is 12.0. The van der Waals surface area contributed by atoms with Crippen LogP contribution in [0.2, 0.25) is 0 Å². The number of rotatable bonds is 3. The van der Waals surface area contributed by atoms with Gasteiger partial charge in [-0.25, -0.2) is 0 Å². The van der Waals surface area contributed by atoms with Gasteiger partial charge in [-0.1, -0.05) is 0 Å². The monoisotopic (exact) mass is 287 g/mol. The van der Waals surface area contributed by atoms with Gasteiger partial charge in [-0.05, 0) is 0 Å². The van der Waals surface area contributed by atoms with Gasteiger partial charge in [0.05, 0.1) is 0 Å². The minimum absolute atomic E-state index is 0.656. The molecule has 0 amide bonds. The zero-order valence-electron chi connectivity index (χ0n) is 9.49. The fraction of sp³-hybridized carbons (Fsp3) is 0.500. The summed E-state index contributed by atoms with van der Waals surface area (Å²) in [5, 5.41) is 0.729. The summed E-state index contributed by atoms with van der Waals surface area (Å²) in [5.41, 5.74) is 4.09. The molecule has 0 aliphatic carbocycles. The van der Waals surface area contributed by atoms with Crippen molar-refractivity contribution in [1.29, 1.82) is 0 Å². The Morgan fingerprint density at radius 1 is 1.53 bits per heavy atom. The number of benzene rings is 1. The van der Waals surface area contributed by atoms with Crippen LogP contribution >= 0.6 is 11.9 Å². The Balaban J connectivity index is 2.16. The van der Waals surface area contributed by atoms with Gasteiger partial charge < -0.3 is 0 Å². The van der Waals surface area contributed by atoms with Crippen molar-refractivity contribution in [3.8, 4) is 0 Å². The van der Waals surface area contributed by atoms with Crippen LogP contribution in [0.5, 0.6) is 0 Å². The average Bonchev–Trinajstić information content (AvgIpc) is 2.61. The standard InChI is InChI=1S/C12H17NSSe/c1-4-10(3)14-13-8-15-12-6-5-9(2)7-11(12)13/h5-7,10H,4,8H2,1-3H3. The third-order valence-electron chi connectivity index (χ3n) is 2.60. The molecule has 1 atom stereocenters. The normalized spacial score (nSPS) is 16.6. The second-order valence-corrected chi connectivity index (χ2v) is 7.47. The summed E-state index contributed by atoms with van der Waals surface area (Å²) < 4.78 is 4.07. The molecular weight excluding hydrogens is 269 g/mol. The van der Waals surface area contributed by atoms with Gasteiger partial charge in [-0.2, -0.15) is 0 Å². The van der Waals surface area contributed by atoms with Gasteiger partial charge in [0, 0.05) is 0 Å². The Labute approximate surface area is 103 Å². The van der Waals surface area contributed by atoms with E-state index in [2.05, 4.69) is 43.3 Å². The molecule has 1 aromatic rings. The van der Waals surface area contributed by atoms with Crippen molar-refractivity contribution in [2.24, 2.45) is 0 Å². The number of anilines is 1. The van der Waals surface area contributed by atoms with Crippen LogP contribution < -0.4 is 8.77 Å². The van der Waals surface area contributed by atoms with Gasteiger partial charge in [-0.15, -0.1) is 0 Å². The van der Waals surface area contributed by atoms with E-state index in [9.17, 15) is 0 Å². The summed E-state index contributed by atoms with van der Waals surface area (Å²) in [6.45, 7) is 6.75. The number of nitrogens with zero attached hydrogens (tertiary/aromatic N) is 1. The van der Waals surface area contributed by atoms with E-state index < -0.39 is 0 Å². The van der Waals surface area contributed by atoms with E-state index in [-0.39, 0.29) is 0 Å². The molecule has 1 aliphatic heterocycles. The van der Waals surface area contributed by atoms with E-state index in [0.29, 0.717) is 15.0 Å². The minimum atomic E-state index is 0.656. The fourth-order valence-corrected chi connectivity index (χ4v) is 5.06. The van der Waals surface area contributed by atoms with Crippen molar-refractivity contribution in [3.05, 3.63) is 23.8 Å². The second-order valence-electron chi connectivity index (χ2n) is 3.95. The topological polar surface area (TPSA) is 3.24 Å². The molecule has 2 rings (SSSR count). The van der Waals surface area contributed by atoms with Crippen LogP contribution in [0.4, 0.5) is 5.69 Å². The Hall–Kier alpha value is -0.111. The Morgan fingerprint density at radius 3 is 3.07 bits per heavy atom. The summed E-state index contributed by atoms with van der Waals surface area (Å²) in [5.74, 6) is 0. The van der Waals surface area contributed by atoms with Crippen LogP contribution in [-0.4, -0.2) is 25.6 Å². The molecule has 1 heterocycles. The Bertz CT molecular complexity index is 353. The average molecular weight is 286 g/mol. The number of hydrogen-bond acceptors (Lipinski definition) is 2. The Morgan fingerprint density at radius 2 is 2.33 bits per heavy atom. The quantitative estimate of drug-likeness (QED) is 0.620. The van der Waals surface area contributed by atoms with E-state index >= 15 is 0 Å². The first-order valence-corrected chi connectivity index (χ1v) is 8.29. The third-order valence-corrected chi connectivity index (χ3v) is 6.43. The molecule has 0 radical (unpaired) electrons. The van der Waals surface area contributed by atoms with Crippen molar-refractivity contribution in [2.45, 2.75) is 32.4 Å². The van der Waals surface area contributed by atoms with E-state index in [1.54, 1.807) is 4.46 Å². The van der Waals surface area contributed by atoms with Crippen LogP contribution in [0, 0.1) is 6.92 Å². The van der Waals surface area contributed by atoms with Crippen molar-refractivity contribution < 1.29 is 0 Å². The first kappa shape index (κ1) is 11.4. The molecule has 1 unspecified atom stereocenters. The predicted molar refractivity (Wildman–Crippen MR) is 71.3 cm³/mol. The maximum atomic E-state index is 2.50. The summed E-state index contributed by atoms with van der Waals surface area (Å²) in [7, 11) is 0. The van der Waals surface area contributed by atoms with Crippen LogP contribution in [0.1, 0.15) is 25.8 Å². The van der Waals surface area contributed by atoms with E-state index in [4.69, 9.17) is 0 Å². The molecule has 82 valence electrons. The van der Waals surface area contributed by atoms with Crippen LogP contribution in [0.15, 0.2) is 18.2 Å². The molecule has 3 heteroatoms. The number of aryl methyl sites for hydroxylation is 1. The van der Waals surface area contributed by atoms with Gasteiger partial charge in [0.1, 0.15) is 0 Å². The Kier molecular flexibility index (Phi) is 3.65. The molecule has 1 aromatic carbocycles. The molecule has 1 aliphatic rings. The van der Waals surface area contributed by atoms with Gasteiger partial charge in [0.15, 0.2) is 0 Å². The summed E-state index contributed by atoms with van der Waals surface area (Å²) in [6.07, 6.45) is 1.25. The van der Waals surface area contributed by atoms with Crippen molar-refractivity contribution in [2.75, 3.05) is 9.75 Å². The molecule has 15 heavy (non-hydrogen) atoms. The molecule has 0 fully saturated rings. The predicted octanol–water partition coefficient (Wildman–Crippen LogP) is 2.55. The zero-order chi connectivity index (χ0) is 10.8. The third kappa shape index (κ3) is 2.52. The molecule has 0 spiro atoms. The molecule has 0 saturated carbocycles. The van der Waals surface area contributed by atoms with E-state index in [1.165, 1.54) is 23.1 Å². The summed E-state index contributed by atoms with van der Waals surface area (Å²) in [4.78, 5) is 0. The van der Waals surface area contributed by atoms with Crippen molar-refractivity contribution in [1.82, 2.24) is 0 Å². The van der Waals surface area contributed by atoms with E-state index in [1.807, 2.05) is 11.9 Å². The first-order chi connectivity index (χ1) is 7.20. The molecule has 0 bridgehead atoms. The molecule has 1 nitrogen and oxygen atoms in total. The molecule has 0 N–H and O–H groups in total. The van der Waals surface area contributed by atoms with Crippen molar-refractivity contribution in [3.63, 3.8) is 0 Å². The van der Waals surface area contributed by atoms with Gasteiger partial charge in [0.2, 0.25) is 0 Å². The van der Waals surface area contributed by atoms with Crippen LogP contribution in [0.25, 0.3) is 0 Å². The van der Waals surface area contributed by atoms with Crippen molar-refractivity contribution >= 4 is 37.1 Å². The van der Waals surface area contributed by atoms with Crippen LogP contribution in [0.3, 0.4) is 0 Å². The molecular formula is C12H17NSSe. The number of hydrogen-bond donors (Lipinski definition) is 0. The van der Waals surface area contributed by atoms with Gasteiger partial charge >= 0.3 is 103 Å². The fourth-order valence-electron chi connectivity index (χ4n) is 1.52. The van der Waals surface area contributed by atoms with Gasteiger partial charge in [0.25, 0.3) is 0 Å². The van der Waals surface area contributed by atoms with Crippen LogP contribution in [-0.2, 0) is 0 Å². The summed E-state index contributed by atoms with van der Waals surface area (Å²) >= 11 is 2.66. The van der Waals surface area contributed by atoms with E-state index in [0.717, 1.165) is 5.25 Å². The SMILES string of the molecule is CCC(C)SN1C[Se]c2ccc(C)cc21. The molecule has 0 aromatic heterocycles. The molecule has 0 saturated heterocycles.